The Morgan fingerprint density at radius 3 is 2.38 bits per heavy atom. The van der Waals surface area contributed by atoms with Crippen LogP contribution in [0.3, 0.4) is 0 Å². The number of hydrogen-bond donors (Lipinski definition) is 1. The van der Waals surface area contributed by atoms with Crippen molar-refractivity contribution in [2.45, 2.75) is 43.5 Å². The Morgan fingerprint density at radius 2 is 1.90 bits per heavy atom. The lowest BCUT2D eigenvalue weighted by Gasteiger charge is -2.32. The molecular weight excluding hydrogens is 292 g/mol. The summed E-state index contributed by atoms with van der Waals surface area (Å²) in [6.45, 7) is 2.18. The highest BCUT2D eigenvalue weighted by Gasteiger charge is 2.31. The van der Waals surface area contributed by atoms with E-state index in [0.29, 0.717) is 5.92 Å². The molecule has 21 heavy (non-hydrogen) atoms. The second-order valence-electron chi connectivity index (χ2n) is 5.91. The Morgan fingerprint density at radius 1 is 1.33 bits per heavy atom. The number of carboxylic acids is 1. The zero-order valence-electron chi connectivity index (χ0n) is 12.6. The zero-order valence-corrected chi connectivity index (χ0v) is 13.4. The Balaban J connectivity index is 2.25. The Hall–Kier alpha value is -1.34. The smallest absolute Gasteiger partial charge is 0.352 e. The van der Waals surface area contributed by atoms with E-state index in [2.05, 4.69) is 6.92 Å². The van der Waals surface area contributed by atoms with Crippen molar-refractivity contribution in [3.05, 3.63) is 18.0 Å². The summed E-state index contributed by atoms with van der Waals surface area (Å²) in [5.74, 6) is -0.485. The fraction of sp³-hybridized carbons (Fsp3) is 0.643. The number of carboxylic acid groups (broad SMARTS) is 1. The minimum absolute atomic E-state index is 0.000292. The molecule has 1 aromatic heterocycles. The van der Waals surface area contributed by atoms with Crippen LogP contribution in [-0.4, -0.2) is 41.5 Å². The second-order valence-corrected chi connectivity index (χ2v) is 7.91. The molecule has 0 saturated heterocycles. The predicted octanol–water partition coefficient (Wildman–Crippen LogP) is 1.92. The Bertz CT molecular complexity index is 627. The summed E-state index contributed by atoms with van der Waals surface area (Å²) in [5.41, 5.74) is -0.0285. The van der Waals surface area contributed by atoms with Crippen LogP contribution in [0.2, 0.25) is 0 Å². The molecule has 0 bridgehead atoms. The summed E-state index contributed by atoms with van der Waals surface area (Å²) in [7, 11) is -0.523. The quantitative estimate of drug-likeness (QED) is 0.921. The standard InChI is InChI=1S/C14H22N2O4S/c1-10-4-6-11(7-5-10)16(3)21(19,20)12-8-13(14(17)18)15(2)9-12/h8-11H,4-7H2,1-3H3,(H,17,18). The third-order valence-corrected chi connectivity index (χ3v) is 6.25. The van der Waals surface area contributed by atoms with Crippen LogP contribution in [0.15, 0.2) is 17.2 Å². The van der Waals surface area contributed by atoms with Crippen molar-refractivity contribution in [2.24, 2.45) is 13.0 Å². The van der Waals surface area contributed by atoms with Crippen molar-refractivity contribution >= 4 is 16.0 Å². The van der Waals surface area contributed by atoms with Gasteiger partial charge in [-0.15, -0.1) is 0 Å². The molecule has 0 radical (unpaired) electrons. The van der Waals surface area contributed by atoms with Gasteiger partial charge in [-0.2, -0.15) is 4.31 Å². The van der Waals surface area contributed by atoms with Gasteiger partial charge in [-0.1, -0.05) is 6.92 Å². The Labute approximate surface area is 125 Å². The SMILES string of the molecule is CC1CCC(N(C)S(=O)(=O)c2cc(C(=O)O)n(C)c2)CC1. The summed E-state index contributed by atoms with van der Waals surface area (Å²) >= 11 is 0. The summed E-state index contributed by atoms with van der Waals surface area (Å²) in [4.78, 5) is 11.1. The lowest BCUT2D eigenvalue weighted by Crippen LogP contribution is -2.39. The topological polar surface area (TPSA) is 79.6 Å². The molecule has 7 heteroatoms. The second kappa shape index (κ2) is 5.81. The number of sulfonamides is 1. The summed E-state index contributed by atoms with van der Waals surface area (Å²) in [6, 6.07) is 1.22. The number of aromatic carboxylic acids is 1. The van der Waals surface area contributed by atoms with Crippen molar-refractivity contribution < 1.29 is 18.3 Å². The van der Waals surface area contributed by atoms with Crippen molar-refractivity contribution in [1.82, 2.24) is 8.87 Å². The molecule has 1 heterocycles. The van der Waals surface area contributed by atoms with Crippen molar-refractivity contribution in [1.29, 1.82) is 0 Å². The van der Waals surface area contributed by atoms with Gasteiger partial charge >= 0.3 is 5.97 Å². The predicted molar refractivity (Wildman–Crippen MR) is 78.7 cm³/mol. The molecule has 6 nitrogen and oxygen atoms in total. The maximum absolute atomic E-state index is 12.6. The molecule has 0 aromatic carbocycles. The van der Waals surface area contributed by atoms with Gasteiger partial charge in [0.15, 0.2) is 0 Å². The first kappa shape index (κ1) is 16.0. The van der Waals surface area contributed by atoms with Gasteiger partial charge in [-0.05, 0) is 37.7 Å². The monoisotopic (exact) mass is 314 g/mol. The first-order valence-electron chi connectivity index (χ1n) is 7.11. The fourth-order valence-electron chi connectivity index (χ4n) is 2.86. The van der Waals surface area contributed by atoms with Gasteiger partial charge in [0.25, 0.3) is 0 Å². The molecule has 118 valence electrons. The van der Waals surface area contributed by atoms with Crippen LogP contribution in [-0.2, 0) is 17.1 Å². The zero-order chi connectivity index (χ0) is 15.8. The van der Waals surface area contributed by atoms with Gasteiger partial charge in [-0.3, -0.25) is 0 Å². The number of rotatable bonds is 4. The van der Waals surface area contributed by atoms with Gasteiger partial charge in [0, 0.05) is 26.3 Å². The van der Waals surface area contributed by atoms with E-state index in [1.165, 1.54) is 28.2 Å². The normalized spacial score (nSPS) is 23.4. The average Bonchev–Trinajstić information content (AvgIpc) is 2.82. The molecule has 0 amide bonds. The van der Waals surface area contributed by atoms with Gasteiger partial charge in [0.2, 0.25) is 10.0 Å². The minimum Gasteiger partial charge on any atom is -0.477 e. The first-order valence-corrected chi connectivity index (χ1v) is 8.55. The molecule has 0 atom stereocenters. The van der Waals surface area contributed by atoms with E-state index in [1.54, 1.807) is 7.05 Å². The van der Waals surface area contributed by atoms with Gasteiger partial charge < -0.3 is 9.67 Å². The highest BCUT2D eigenvalue weighted by atomic mass is 32.2. The third-order valence-electron chi connectivity index (χ3n) is 4.38. The van der Waals surface area contributed by atoms with E-state index in [4.69, 9.17) is 5.11 Å². The molecule has 1 aliphatic rings. The number of aryl methyl sites for hydroxylation is 1. The van der Waals surface area contributed by atoms with Gasteiger partial charge in [0.1, 0.15) is 10.6 Å². The lowest BCUT2D eigenvalue weighted by atomic mass is 9.87. The van der Waals surface area contributed by atoms with Crippen LogP contribution in [0, 0.1) is 5.92 Å². The van der Waals surface area contributed by atoms with E-state index in [0.717, 1.165) is 25.7 Å². The fourth-order valence-corrected chi connectivity index (χ4v) is 4.34. The van der Waals surface area contributed by atoms with E-state index in [9.17, 15) is 13.2 Å². The molecule has 0 unspecified atom stereocenters. The molecule has 1 saturated carbocycles. The van der Waals surface area contributed by atoms with Crippen molar-refractivity contribution in [2.75, 3.05) is 7.05 Å². The van der Waals surface area contributed by atoms with Crippen molar-refractivity contribution in [3.63, 3.8) is 0 Å². The van der Waals surface area contributed by atoms with Crippen LogP contribution in [0.25, 0.3) is 0 Å². The number of nitrogens with zero attached hydrogens (tertiary/aromatic N) is 2. The van der Waals surface area contributed by atoms with Crippen molar-refractivity contribution in [3.8, 4) is 0 Å². The molecule has 2 rings (SSSR count). The van der Waals surface area contributed by atoms with Crippen LogP contribution >= 0.6 is 0 Å². The first-order chi connectivity index (χ1) is 9.73. The molecule has 0 aliphatic heterocycles. The molecule has 0 spiro atoms. The third kappa shape index (κ3) is 3.13. The van der Waals surface area contributed by atoms with Gasteiger partial charge in [-0.25, -0.2) is 13.2 Å². The number of carbonyl (C=O) groups is 1. The summed E-state index contributed by atoms with van der Waals surface area (Å²) in [6.07, 6.45) is 5.13. The summed E-state index contributed by atoms with van der Waals surface area (Å²) in [5, 5.41) is 9.03. The minimum atomic E-state index is -3.64. The number of aromatic nitrogens is 1. The summed E-state index contributed by atoms with van der Waals surface area (Å²) < 4.78 is 28.0. The molecule has 1 fully saturated rings. The number of hydrogen-bond acceptors (Lipinski definition) is 3. The van der Waals surface area contributed by atoms with E-state index < -0.39 is 16.0 Å². The highest BCUT2D eigenvalue weighted by Crippen LogP contribution is 2.29. The van der Waals surface area contributed by atoms with Gasteiger partial charge in [0.05, 0.1) is 0 Å². The van der Waals surface area contributed by atoms with E-state index in [-0.39, 0.29) is 16.6 Å². The van der Waals surface area contributed by atoms with Crippen LogP contribution in [0.4, 0.5) is 0 Å². The van der Waals surface area contributed by atoms with Crippen LogP contribution < -0.4 is 0 Å². The maximum atomic E-state index is 12.6. The molecule has 1 aromatic rings. The lowest BCUT2D eigenvalue weighted by molar-refractivity contribution is 0.0686. The average molecular weight is 314 g/mol. The van der Waals surface area contributed by atoms with Crippen LogP contribution in [0.1, 0.15) is 43.1 Å². The van der Waals surface area contributed by atoms with Crippen LogP contribution in [0.5, 0.6) is 0 Å². The molecule has 1 N–H and O–H groups in total. The maximum Gasteiger partial charge on any atom is 0.352 e. The van der Waals surface area contributed by atoms with E-state index >= 15 is 0 Å². The van der Waals surface area contributed by atoms with E-state index in [1.807, 2.05) is 0 Å². The molecular formula is C14H22N2O4S. The largest absolute Gasteiger partial charge is 0.477 e. The highest BCUT2D eigenvalue weighted by molar-refractivity contribution is 7.89. The Kier molecular flexibility index (Phi) is 4.43. The molecule has 1 aliphatic carbocycles.